The van der Waals surface area contributed by atoms with Crippen molar-refractivity contribution >= 4 is 11.6 Å². The van der Waals surface area contributed by atoms with Gasteiger partial charge in [0, 0.05) is 24.4 Å². The van der Waals surface area contributed by atoms with Gasteiger partial charge in [-0.3, -0.25) is 4.79 Å². The lowest BCUT2D eigenvalue weighted by molar-refractivity contribution is 0.0952. The van der Waals surface area contributed by atoms with Crippen molar-refractivity contribution in [2.24, 2.45) is 0 Å². The first-order valence-corrected chi connectivity index (χ1v) is 9.54. The minimum atomic E-state index is -0.325. The van der Waals surface area contributed by atoms with Crippen molar-refractivity contribution < 1.29 is 13.6 Å². The summed E-state index contributed by atoms with van der Waals surface area (Å²) in [5, 5.41) is 7.13. The minimum Gasteiger partial charge on any atom is -0.348 e. The molecular weight excluding hydrogens is 386 g/mol. The maximum atomic E-state index is 14.1. The number of aromatic nitrogens is 3. The van der Waals surface area contributed by atoms with Crippen molar-refractivity contribution in [3.8, 4) is 0 Å². The number of carbonyl (C=O) groups excluding carboxylic acids is 1. The Morgan fingerprint density at radius 1 is 1.07 bits per heavy atom. The molecule has 0 spiro atoms. The number of halogens is 2. The van der Waals surface area contributed by atoms with Crippen molar-refractivity contribution in [3.05, 3.63) is 100 Å². The van der Waals surface area contributed by atoms with Crippen LogP contribution in [0.4, 0.5) is 8.78 Å². The number of carbonyl (C=O) groups is 1. The topological polar surface area (TPSA) is 59.3 Å². The van der Waals surface area contributed by atoms with Crippen LogP contribution in [0.2, 0.25) is 0 Å². The maximum absolute atomic E-state index is 14.1. The Labute approximate surface area is 172 Å². The van der Waals surface area contributed by atoms with Gasteiger partial charge in [-0.15, -0.1) is 0 Å². The molecule has 30 heavy (non-hydrogen) atoms. The van der Waals surface area contributed by atoms with Gasteiger partial charge in [-0.2, -0.15) is 5.10 Å². The second-order valence-electron chi connectivity index (χ2n) is 7.13. The summed E-state index contributed by atoms with van der Waals surface area (Å²) in [6.45, 7) is 3.99. The van der Waals surface area contributed by atoms with Crippen LogP contribution in [-0.4, -0.2) is 20.5 Å². The minimum absolute atomic E-state index is 0.264. The van der Waals surface area contributed by atoms with Crippen molar-refractivity contribution in [3.63, 3.8) is 0 Å². The number of benzene rings is 2. The third-order valence-electron chi connectivity index (χ3n) is 5.14. The second kappa shape index (κ2) is 8.02. The molecule has 0 aliphatic carbocycles. The van der Waals surface area contributed by atoms with E-state index in [1.54, 1.807) is 34.8 Å². The molecule has 0 saturated carbocycles. The van der Waals surface area contributed by atoms with Crippen molar-refractivity contribution in [1.29, 1.82) is 0 Å². The first-order chi connectivity index (χ1) is 14.4. The summed E-state index contributed by atoms with van der Waals surface area (Å²) in [6.07, 6.45) is 1.86. The predicted molar refractivity (Wildman–Crippen MR) is 109 cm³/mol. The summed E-state index contributed by atoms with van der Waals surface area (Å²) in [6, 6.07) is 12.6. The van der Waals surface area contributed by atoms with E-state index >= 15 is 0 Å². The molecule has 0 aliphatic heterocycles. The van der Waals surface area contributed by atoms with Gasteiger partial charge in [0.2, 0.25) is 0 Å². The van der Waals surface area contributed by atoms with Crippen molar-refractivity contribution in [2.75, 3.05) is 0 Å². The molecule has 4 rings (SSSR count). The Hall–Kier alpha value is -3.61. The highest BCUT2D eigenvalue weighted by atomic mass is 19.1. The SMILES string of the molecule is Cc1nc2c(C(=O)NCc3ccc(F)cc3)cnn2c(C)c1Cc1ccccc1F. The van der Waals surface area contributed by atoms with E-state index in [2.05, 4.69) is 15.4 Å². The normalized spacial score (nSPS) is 11.1. The number of hydrogen-bond acceptors (Lipinski definition) is 3. The molecule has 1 N–H and O–H groups in total. The monoisotopic (exact) mass is 406 g/mol. The fraction of sp³-hybridized carbons (Fsp3) is 0.174. The molecule has 0 fully saturated rings. The van der Waals surface area contributed by atoms with Gasteiger partial charge in [0.05, 0.1) is 6.20 Å². The van der Waals surface area contributed by atoms with Gasteiger partial charge in [-0.1, -0.05) is 30.3 Å². The van der Waals surface area contributed by atoms with Gasteiger partial charge in [0.15, 0.2) is 5.65 Å². The number of hydrogen-bond donors (Lipinski definition) is 1. The highest BCUT2D eigenvalue weighted by Gasteiger charge is 2.19. The van der Waals surface area contributed by atoms with Gasteiger partial charge in [-0.05, 0) is 48.7 Å². The highest BCUT2D eigenvalue weighted by molar-refractivity contribution is 5.99. The quantitative estimate of drug-likeness (QED) is 0.542. The summed E-state index contributed by atoms with van der Waals surface area (Å²) >= 11 is 0. The molecule has 0 atom stereocenters. The molecule has 0 saturated heterocycles. The average molecular weight is 406 g/mol. The molecule has 5 nitrogen and oxygen atoms in total. The van der Waals surface area contributed by atoms with E-state index in [1.807, 2.05) is 13.8 Å². The number of nitrogens with one attached hydrogen (secondary N) is 1. The standard InChI is InChI=1S/C23H20F2N4O/c1-14-19(11-17-5-3-4-6-21(17)25)15(2)29-22(28-14)20(13-27-29)23(30)26-12-16-7-9-18(24)10-8-16/h3-10,13H,11-12H2,1-2H3,(H,26,30). The summed E-state index contributed by atoms with van der Waals surface area (Å²) in [7, 11) is 0. The molecular formula is C23H20F2N4O. The molecule has 0 radical (unpaired) electrons. The van der Waals surface area contributed by atoms with E-state index in [-0.39, 0.29) is 24.1 Å². The summed E-state index contributed by atoms with van der Waals surface area (Å²) in [4.78, 5) is 17.3. The fourth-order valence-electron chi connectivity index (χ4n) is 3.44. The molecule has 0 unspecified atom stereocenters. The molecule has 4 aromatic rings. The lowest BCUT2D eigenvalue weighted by Gasteiger charge is -2.12. The molecule has 7 heteroatoms. The van der Waals surface area contributed by atoms with Gasteiger partial charge in [-0.25, -0.2) is 18.3 Å². The predicted octanol–water partition coefficient (Wildman–Crippen LogP) is 4.15. The van der Waals surface area contributed by atoms with Crippen LogP contribution in [0.15, 0.2) is 54.7 Å². The zero-order chi connectivity index (χ0) is 21.3. The van der Waals surface area contributed by atoms with Crippen LogP contribution in [-0.2, 0) is 13.0 Å². The van der Waals surface area contributed by atoms with Crippen LogP contribution in [0.25, 0.3) is 5.65 Å². The fourth-order valence-corrected chi connectivity index (χ4v) is 3.44. The Morgan fingerprint density at radius 2 is 1.80 bits per heavy atom. The largest absolute Gasteiger partial charge is 0.348 e. The summed E-state index contributed by atoms with van der Waals surface area (Å²) < 4.78 is 28.7. The van der Waals surface area contributed by atoms with Crippen LogP contribution >= 0.6 is 0 Å². The third-order valence-corrected chi connectivity index (χ3v) is 5.14. The Bertz CT molecular complexity index is 1230. The third kappa shape index (κ3) is 3.78. The van der Waals surface area contributed by atoms with Gasteiger partial charge >= 0.3 is 0 Å². The average Bonchev–Trinajstić information content (AvgIpc) is 3.15. The molecule has 2 aromatic heterocycles. The van der Waals surface area contributed by atoms with E-state index in [4.69, 9.17) is 0 Å². The van der Waals surface area contributed by atoms with Crippen LogP contribution in [0.1, 0.15) is 38.4 Å². The van der Waals surface area contributed by atoms with Gasteiger partial charge in [0.1, 0.15) is 17.2 Å². The first kappa shape index (κ1) is 19.7. The number of fused-ring (bicyclic) bond motifs is 1. The van der Waals surface area contributed by atoms with E-state index in [0.29, 0.717) is 23.2 Å². The van der Waals surface area contributed by atoms with E-state index in [0.717, 1.165) is 22.5 Å². The maximum Gasteiger partial charge on any atom is 0.257 e. The molecule has 2 heterocycles. The number of nitrogens with zero attached hydrogens (tertiary/aromatic N) is 3. The van der Waals surface area contributed by atoms with Crippen LogP contribution in [0, 0.1) is 25.5 Å². The molecule has 0 aliphatic rings. The summed E-state index contributed by atoms with van der Waals surface area (Å²) in [5.74, 6) is -0.908. The lowest BCUT2D eigenvalue weighted by atomic mass is 10.0. The highest BCUT2D eigenvalue weighted by Crippen LogP contribution is 2.21. The number of amides is 1. The van der Waals surface area contributed by atoms with Crippen molar-refractivity contribution in [2.45, 2.75) is 26.8 Å². The van der Waals surface area contributed by atoms with Crippen LogP contribution < -0.4 is 5.32 Å². The Kier molecular flexibility index (Phi) is 5.27. The number of aryl methyl sites for hydroxylation is 2. The first-order valence-electron chi connectivity index (χ1n) is 9.54. The van der Waals surface area contributed by atoms with E-state index < -0.39 is 0 Å². The zero-order valence-electron chi connectivity index (χ0n) is 16.6. The molecule has 1 amide bonds. The lowest BCUT2D eigenvalue weighted by Crippen LogP contribution is -2.23. The number of rotatable bonds is 5. The smallest absolute Gasteiger partial charge is 0.257 e. The van der Waals surface area contributed by atoms with Crippen molar-refractivity contribution in [1.82, 2.24) is 19.9 Å². The van der Waals surface area contributed by atoms with E-state index in [9.17, 15) is 13.6 Å². The Morgan fingerprint density at radius 3 is 2.53 bits per heavy atom. The molecule has 2 aromatic carbocycles. The van der Waals surface area contributed by atoms with Crippen LogP contribution in [0.3, 0.4) is 0 Å². The summed E-state index contributed by atoms with van der Waals surface area (Å²) in [5.41, 5.74) is 4.55. The Balaban J connectivity index is 1.61. The zero-order valence-corrected chi connectivity index (χ0v) is 16.6. The van der Waals surface area contributed by atoms with E-state index in [1.165, 1.54) is 24.4 Å². The second-order valence-corrected chi connectivity index (χ2v) is 7.13. The molecule has 0 bridgehead atoms. The van der Waals surface area contributed by atoms with Gasteiger partial charge in [0.25, 0.3) is 5.91 Å². The van der Waals surface area contributed by atoms with Gasteiger partial charge < -0.3 is 5.32 Å². The molecule has 152 valence electrons. The van der Waals surface area contributed by atoms with Crippen LogP contribution in [0.5, 0.6) is 0 Å².